The zero-order valence-corrected chi connectivity index (χ0v) is 12.1. The van der Waals surface area contributed by atoms with Gasteiger partial charge in [-0.25, -0.2) is 0 Å². The van der Waals surface area contributed by atoms with Crippen molar-refractivity contribution in [2.24, 2.45) is 11.8 Å². The Labute approximate surface area is 107 Å². The number of piperazine rings is 1. The molecule has 100 valence electrons. The van der Waals surface area contributed by atoms with Crippen molar-refractivity contribution in [1.82, 2.24) is 10.2 Å². The lowest BCUT2D eigenvalue weighted by Crippen LogP contribution is -2.65. The predicted molar refractivity (Wildman–Crippen MR) is 74.2 cm³/mol. The summed E-state index contributed by atoms with van der Waals surface area (Å²) in [7, 11) is 0. The molecule has 0 amide bonds. The Bertz CT molecular complexity index is 247. The maximum Gasteiger partial charge on any atom is 0.0309 e. The van der Waals surface area contributed by atoms with Gasteiger partial charge in [0.05, 0.1) is 0 Å². The zero-order chi connectivity index (χ0) is 12.5. The van der Waals surface area contributed by atoms with E-state index in [1.54, 1.807) is 0 Å². The number of nitrogens with zero attached hydrogens (tertiary/aromatic N) is 1. The first-order valence-electron chi connectivity index (χ1n) is 7.56. The zero-order valence-electron chi connectivity index (χ0n) is 12.1. The molecule has 1 saturated carbocycles. The molecule has 2 unspecified atom stereocenters. The van der Waals surface area contributed by atoms with Gasteiger partial charge in [-0.3, -0.25) is 4.90 Å². The highest BCUT2D eigenvalue weighted by molar-refractivity contribution is 5.04. The van der Waals surface area contributed by atoms with Gasteiger partial charge in [-0.05, 0) is 44.6 Å². The molecule has 2 aliphatic rings. The van der Waals surface area contributed by atoms with Crippen molar-refractivity contribution < 1.29 is 0 Å². The normalized spacial score (nSPS) is 35.5. The first-order chi connectivity index (χ1) is 8.07. The van der Waals surface area contributed by atoms with Crippen LogP contribution < -0.4 is 5.32 Å². The van der Waals surface area contributed by atoms with Crippen molar-refractivity contribution in [2.45, 2.75) is 65.0 Å². The molecule has 0 spiro atoms. The van der Waals surface area contributed by atoms with Gasteiger partial charge in [-0.2, -0.15) is 0 Å². The Balaban J connectivity index is 1.98. The number of hydrogen-bond donors (Lipinski definition) is 1. The molecule has 2 fully saturated rings. The molecule has 2 nitrogen and oxygen atoms in total. The van der Waals surface area contributed by atoms with E-state index >= 15 is 0 Å². The minimum atomic E-state index is 0.402. The maximum atomic E-state index is 3.85. The van der Waals surface area contributed by atoms with Gasteiger partial charge in [0.25, 0.3) is 0 Å². The topological polar surface area (TPSA) is 15.3 Å². The van der Waals surface area contributed by atoms with Crippen molar-refractivity contribution >= 4 is 0 Å². The molecule has 0 aromatic heterocycles. The average Bonchev–Trinajstić information content (AvgIpc) is 3.10. The molecule has 2 rings (SSSR count). The largest absolute Gasteiger partial charge is 0.308 e. The van der Waals surface area contributed by atoms with Gasteiger partial charge >= 0.3 is 0 Å². The quantitative estimate of drug-likeness (QED) is 0.792. The summed E-state index contributed by atoms with van der Waals surface area (Å²) in [6.07, 6.45) is 5.55. The van der Waals surface area contributed by atoms with E-state index in [4.69, 9.17) is 0 Å². The van der Waals surface area contributed by atoms with E-state index in [-0.39, 0.29) is 0 Å². The molecular weight excluding hydrogens is 208 g/mol. The van der Waals surface area contributed by atoms with Crippen LogP contribution in [0.4, 0.5) is 0 Å². The molecule has 1 N–H and O–H groups in total. The van der Waals surface area contributed by atoms with E-state index in [9.17, 15) is 0 Å². The SMILES string of the molecule is CCCCN1CC(C)(C2CC2)NCC1C(C)C. The molecule has 0 radical (unpaired) electrons. The van der Waals surface area contributed by atoms with Crippen molar-refractivity contribution in [3.05, 3.63) is 0 Å². The van der Waals surface area contributed by atoms with Crippen molar-refractivity contribution in [3.63, 3.8) is 0 Å². The fourth-order valence-corrected chi connectivity index (χ4v) is 3.32. The second-order valence-corrected chi connectivity index (χ2v) is 6.71. The number of rotatable bonds is 5. The maximum absolute atomic E-state index is 3.85. The lowest BCUT2D eigenvalue weighted by Gasteiger charge is -2.48. The van der Waals surface area contributed by atoms with E-state index < -0.39 is 0 Å². The summed E-state index contributed by atoms with van der Waals surface area (Å²) in [4.78, 5) is 2.77. The van der Waals surface area contributed by atoms with E-state index in [0.29, 0.717) is 5.54 Å². The molecule has 2 atom stereocenters. The van der Waals surface area contributed by atoms with Crippen LogP contribution in [0.25, 0.3) is 0 Å². The van der Waals surface area contributed by atoms with Gasteiger partial charge in [-0.15, -0.1) is 0 Å². The fourth-order valence-electron chi connectivity index (χ4n) is 3.32. The van der Waals surface area contributed by atoms with Crippen LogP contribution in [0.3, 0.4) is 0 Å². The molecular formula is C15H30N2. The predicted octanol–water partition coefficient (Wildman–Crippen LogP) is 2.89. The van der Waals surface area contributed by atoms with Crippen LogP contribution in [0.15, 0.2) is 0 Å². The molecule has 1 aliphatic carbocycles. The van der Waals surface area contributed by atoms with E-state index in [1.807, 2.05) is 0 Å². The first-order valence-corrected chi connectivity index (χ1v) is 7.56. The third-order valence-corrected chi connectivity index (χ3v) is 4.76. The van der Waals surface area contributed by atoms with Crippen LogP contribution >= 0.6 is 0 Å². The van der Waals surface area contributed by atoms with Crippen molar-refractivity contribution in [3.8, 4) is 0 Å². The van der Waals surface area contributed by atoms with Gasteiger partial charge in [0, 0.05) is 24.7 Å². The average molecular weight is 238 g/mol. The molecule has 0 bridgehead atoms. The summed E-state index contributed by atoms with van der Waals surface area (Å²) < 4.78 is 0. The third kappa shape index (κ3) is 3.03. The summed E-state index contributed by atoms with van der Waals surface area (Å²) in [6.45, 7) is 13.2. The van der Waals surface area contributed by atoms with E-state index in [2.05, 4.69) is 37.9 Å². The van der Waals surface area contributed by atoms with Gasteiger partial charge < -0.3 is 5.32 Å². The first kappa shape index (κ1) is 13.4. The number of nitrogens with one attached hydrogen (secondary N) is 1. The summed E-state index contributed by atoms with van der Waals surface area (Å²) in [5.41, 5.74) is 0.402. The smallest absolute Gasteiger partial charge is 0.0309 e. The van der Waals surface area contributed by atoms with Crippen molar-refractivity contribution in [2.75, 3.05) is 19.6 Å². The number of unbranched alkanes of at least 4 members (excludes halogenated alkanes) is 1. The van der Waals surface area contributed by atoms with Crippen LogP contribution in [0.1, 0.15) is 53.4 Å². The van der Waals surface area contributed by atoms with Gasteiger partial charge in [-0.1, -0.05) is 27.2 Å². The summed E-state index contributed by atoms with van der Waals surface area (Å²) in [5, 5.41) is 3.85. The minimum Gasteiger partial charge on any atom is -0.308 e. The Morgan fingerprint density at radius 1 is 1.35 bits per heavy atom. The molecule has 0 aromatic rings. The van der Waals surface area contributed by atoms with Gasteiger partial charge in [0.15, 0.2) is 0 Å². The fraction of sp³-hybridized carbons (Fsp3) is 1.00. The Hall–Kier alpha value is -0.0800. The van der Waals surface area contributed by atoms with Crippen LogP contribution in [-0.2, 0) is 0 Å². The third-order valence-electron chi connectivity index (χ3n) is 4.76. The molecule has 0 aromatic carbocycles. The summed E-state index contributed by atoms with van der Waals surface area (Å²) in [5.74, 6) is 1.71. The highest BCUT2D eigenvalue weighted by atomic mass is 15.3. The number of hydrogen-bond acceptors (Lipinski definition) is 2. The molecule has 1 aliphatic heterocycles. The van der Waals surface area contributed by atoms with Crippen LogP contribution in [-0.4, -0.2) is 36.1 Å². The Morgan fingerprint density at radius 2 is 2.06 bits per heavy atom. The van der Waals surface area contributed by atoms with Gasteiger partial charge in [0.2, 0.25) is 0 Å². The molecule has 2 heteroatoms. The molecule has 1 heterocycles. The molecule has 1 saturated heterocycles. The van der Waals surface area contributed by atoms with Crippen molar-refractivity contribution in [1.29, 1.82) is 0 Å². The minimum absolute atomic E-state index is 0.402. The lowest BCUT2D eigenvalue weighted by atomic mass is 9.88. The van der Waals surface area contributed by atoms with Crippen LogP contribution in [0.2, 0.25) is 0 Å². The monoisotopic (exact) mass is 238 g/mol. The highest BCUT2D eigenvalue weighted by Gasteiger charge is 2.46. The van der Waals surface area contributed by atoms with Crippen LogP contribution in [0, 0.1) is 11.8 Å². The second kappa shape index (κ2) is 5.27. The Morgan fingerprint density at radius 3 is 2.59 bits per heavy atom. The highest BCUT2D eigenvalue weighted by Crippen LogP contribution is 2.41. The standard InChI is InChI=1S/C15H30N2/c1-5-6-9-17-11-15(4,13-7-8-13)16-10-14(17)12(2)3/h12-14,16H,5-11H2,1-4H3. The van der Waals surface area contributed by atoms with Crippen LogP contribution in [0.5, 0.6) is 0 Å². The summed E-state index contributed by atoms with van der Waals surface area (Å²) in [6, 6.07) is 0.744. The second-order valence-electron chi connectivity index (χ2n) is 6.71. The van der Waals surface area contributed by atoms with Gasteiger partial charge in [0.1, 0.15) is 0 Å². The van der Waals surface area contributed by atoms with E-state index in [1.165, 1.54) is 45.3 Å². The molecule has 17 heavy (non-hydrogen) atoms. The Kier molecular flexibility index (Phi) is 4.14. The lowest BCUT2D eigenvalue weighted by molar-refractivity contribution is 0.0514. The summed E-state index contributed by atoms with van der Waals surface area (Å²) >= 11 is 0. The van der Waals surface area contributed by atoms with E-state index in [0.717, 1.165) is 17.9 Å².